The summed E-state index contributed by atoms with van der Waals surface area (Å²) in [5.41, 5.74) is 4.10. The number of likely N-dealkylation sites (N-methyl/N-ethyl adjacent to an activating group) is 2. The molecular formula is C36H45N5O4. The van der Waals surface area contributed by atoms with E-state index >= 15 is 0 Å². The lowest BCUT2D eigenvalue weighted by Gasteiger charge is -2.29. The van der Waals surface area contributed by atoms with Crippen LogP contribution in [0.2, 0.25) is 0 Å². The van der Waals surface area contributed by atoms with Crippen molar-refractivity contribution in [3.63, 3.8) is 0 Å². The molecule has 2 N–H and O–H groups in total. The number of methoxy groups -OCH3 is 1. The van der Waals surface area contributed by atoms with Gasteiger partial charge in [-0.3, -0.25) is 4.79 Å². The molecule has 0 saturated carbocycles. The number of nitrogens with zero attached hydrogens (tertiary/aromatic N) is 4. The number of hydrogen-bond acceptors (Lipinski definition) is 7. The second-order valence-corrected chi connectivity index (χ2v) is 10.8. The molecule has 9 heteroatoms. The lowest BCUT2D eigenvalue weighted by atomic mass is 10.00. The van der Waals surface area contributed by atoms with Gasteiger partial charge >= 0.3 is 5.97 Å². The summed E-state index contributed by atoms with van der Waals surface area (Å²) in [7, 11) is 1.33. The van der Waals surface area contributed by atoms with E-state index in [4.69, 9.17) is 9.73 Å². The van der Waals surface area contributed by atoms with Gasteiger partial charge in [0.1, 0.15) is 0 Å². The van der Waals surface area contributed by atoms with Crippen molar-refractivity contribution in [1.29, 1.82) is 0 Å². The van der Waals surface area contributed by atoms with Crippen molar-refractivity contribution >= 4 is 34.2 Å². The first-order chi connectivity index (χ1) is 21.8. The monoisotopic (exact) mass is 611 g/mol. The molecule has 0 aliphatic rings. The Morgan fingerprint density at radius 2 is 1.33 bits per heavy atom. The Bertz CT molecular complexity index is 1570. The Morgan fingerprint density at radius 3 is 1.89 bits per heavy atom. The molecule has 0 spiro atoms. The highest BCUT2D eigenvalue weighted by atomic mass is 16.5. The first kappa shape index (κ1) is 33.4. The molecule has 0 aliphatic heterocycles. The van der Waals surface area contributed by atoms with E-state index in [1.54, 1.807) is 18.2 Å². The normalized spacial score (nSPS) is 11.8. The van der Waals surface area contributed by atoms with Crippen molar-refractivity contribution in [3.05, 3.63) is 95.1 Å². The van der Waals surface area contributed by atoms with Crippen LogP contribution in [0.5, 0.6) is 5.88 Å². The number of aromatic amines is 1. The summed E-state index contributed by atoms with van der Waals surface area (Å²) < 4.78 is 4.86. The summed E-state index contributed by atoms with van der Waals surface area (Å²) >= 11 is 0. The zero-order chi connectivity index (χ0) is 32.3. The Morgan fingerprint density at radius 1 is 0.756 bits per heavy atom. The number of carbonyl (C=O) groups excluding carboxylic acids is 2. The Hall–Kier alpha value is -4.47. The molecule has 1 aromatic heterocycles. The molecule has 238 valence electrons. The van der Waals surface area contributed by atoms with Gasteiger partial charge in [0.15, 0.2) is 5.88 Å². The molecule has 0 unspecified atom stereocenters. The minimum Gasteiger partial charge on any atom is -0.494 e. The van der Waals surface area contributed by atoms with E-state index in [9.17, 15) is 14.7 Å². The molecule has 4 aromatic rings. The number of aliphatic imine (C=N–C) groups is 1. The summed E-state index contributed by atoms with van der Waals surface area (Å²) in [5.74, 6) is -0.513. The van der Waals surface area contributed by atoms with Crippen LogP contribution in [-0.4, -0.2) is 102 Å². The van der Waals surface area contributed by atoms with E-state index in [0.717, 1.165) is 44.8 Å². The maximum absolute atomic E-state index is 13.7. The lowest BCUT2D eigenvalue weighted by Crippen LogP contribution is -2.42. The number of amides is 1. The van der Waals surface area contributed by atoms with Gasteiger partial charge in [-0.05, 0) is 62.6 Å². The van der Waals surface area contributed by atoms with Gasteiger partial charge < -0.3 is 29.5 Å². The molecule has 1 heterocycles. The predicted molar refractivity (Wildman–Crippen MR) is 181 cm³/mol. The summed E-state index contributed by atoms with van der Waals surface area (Å²) in [6.07, 6.45) is 0. The van der Waals surface area contributed by atoms with E-state index in [1.165, 1.54) is 7.11 Å². The zero-order valence-electron chi connectivity index (χ0n) is 27.0. The second kappa shape index (κ2) is 16.0. The van der Waals surface area contributed by atoms with Crippen LogP contribution in [0, 0.1) is 0 Å². The highest BCUT2D eigenvalue weighted by Gasteiger charge is 2.21. The molecule has 0 aliphatic carbocycles. The van der Waals surface area contributed by atoms with Crippen LogP contribution in [0.4, 0.5) is 5.69 Å². The van der Waals surface area contributed by atoms with Crippen molar-refractivity contribution in [3.8, 4) is 5.88 Å². The Balaban J connectivity index is 1.67. The molecule has 0 bridgehead atoms. The number of aromatic nitrogens is 1. The van der Waals surface area contributed by atoms with E-state index in [1.807, 2.05) is 59.5 Å². The quantitative estimate of drug-likeness (QED) is 0.127. The summed E-state index contributed by atoms with van der Waals surface area (Å²) in [4.78, 5) is 40.4. The molecule has 0 radical (unpaired) electrons. The number of nitrogens with one attached hydrogen (secondary N) is 1. The molecule has 9 nitrogen and oxygen atoms in total. The molecule has 4 rings (SSSR count). The lowest BCUT2D eigenvalue weighted by molar-refractivity contribution is 0.0600. The highest BCUT2D eigenvalue weighted by molar-refractivity contribution is 6.22. The number of hydrogen-bond donors (Lipinski definition) is 2. The van der Waals surface area contributed by atoms with Crippen LogP contribution in [0.1, 0.15) is 59.5 Å². The molecule has 0 fully saturated rings. The Kier molecular flexibility index (Phi) is 11.9. The van der Waals surface area contributed by atoms with Crippen LogP contribution >= 0.6 is 0 Å². The largest absolute Gasteiger partial charge is 0.494 e. The number of ether oxygens (including phenoxy) is 1. The molecule has 3 aromatic carbocycles. The van der Waals surface area contributed by atoms with Gasteiger partial charge in [0.2, 0.25) is 0 Å². The van der Waals surface area contributed by atoms with Gasteiger partial charge in [0.25, 0.3) is 5.91 Å². The third-order valence-corrected chi connectivity index (χ3v) is 8.29. The first-order valence-corrected chi connectivity index (χ1v) is 15.7. The van der Waals surface area contributed by atoms with Gasteiger partial charge in [-0.1, -0.05) is 64.1 Å². The summed E-state index contributed by atoms with van der Waals surface area (Å²) in [5, 5.41) is 11.8. The van der Waals surface area contributed by atoms with Crippen molar-refractivity contribution in [2.24, 2.45) is 4.99 Å². The first-order valence-electron chi connectivity index (χ1n) is 15.7. The average molecular weight is 612 g/mol. The number of esters is 1. The van der Waals surface area contributed by atoms with E-state index in [-0.39, 0.29) is 11.8 Å². The maximum Gasteiger partial charge on any atom is 0.337 e. The number of rotatable bonds is 15. The van der Waals surface area contributed by atoms with Crippen LogP contribution in [0.3, 0.4) is 0 Å². The summed E-state index contributed by atoms with van der Waals surface area (Å²) in [6, 6.07) is 22.0. The highest BCUT2D eigenvalue weighted by Crippen LogP contribution is 2.32. The summed E-state index contributed by atoms with van der Waals surface area (Å²) in [6.45, 7) is 15.3. The van der Waals surface area contributed by atoms with E-state index in [2.05, 4.69) is 42.5 Å². The molecule has 0 saturated heterocycles. The molecule has 0 atom stereocenters. The van der Waals surface area contributed by atoms with E-state index in [0.29, 0.717) is 52.1 Å². The fourth-order valence-corrected chi connectivity index (χ4v) is 5.44. The SMILES string of the molecule is CCN(CC)CCN(CCN(CC)CC)C(=O)c1ccc(N=C(c2ccccc2)c2c(O)[nH]c3cc(C(=O)OC)ccc23)cc1. The fourth-order valence-electron chi connectivity index (χ4n) is 5.44. The van der Waals surface area contributed by atoms with Gasteiger partial charge in [-0.2, -0.15) is 0 Å². The number of fused-ring (bicyclic) bond motifs is 1. The van der Waals surface area contributed by atoms with Crippen molar-refractivity contribution in [2.45, 2.75) is 27.7 Å². The fraction of sp³-hybridized carbons (Fsp3) is 0.361. The Labute approximate surface area is 266 Å². The number of H-pyrrole nitrogens is 1. The average Bonchev–Trinajstić information content (AvgIpc) is 3.41. The number of benzene rings is 3. The predicted octanol–water partition coefficient (Wildman–Crippen LogP) is 5.96. The van der Waals surface area contributed by atoms with Gasteiger partial charge in [-0.15, -0.1) is 0 Å². The van der Waals surface area contributed by atoms with E-state index < -0.39 is 5.97 Å². The standard InChI is InChI=1S/C36H45N5O4/c1-6-39(7-2)21-23-41(24-22-40(8-3)9-4)35(43)27-15-18-29(19-16-27)37-33(26-13-11-10-12-14-26)32-30-20-17-28(36(44)45-5)25-31(30)38-34(32)42/h10-20,25,38,42H,6-9,21-24H2,1-5H3. The van der Waals surface area contributed by atoms with Crippen molar-refractivity contribution in [2.75, 3.05) is 59.5 Å². The number of aromatic hydroxyl groups is 1. The zero-order valence-corrected chi connectivity index (χ0v) is 27.0. The van der Waals surface area contributed by atoms with Crippen molar-refractivity contribution in [1.82, 2.24) is 19.7 Å². The minimum atomic E-state index is -0.459. The smallest absolute Gasteiger partial charge is 0.337 e. The molecular weight excluding hydrogens is 566 g/mol. The van der Waals surface area contributed by atoms with Crippen LogP contribution in [-0.2, 0) is 4.74 Å². The third-order valence-electron chi connectivity index (χ3n) is 8.29. The van der Waals surface area contributed by atoms with Crippen molar-refractivity contribution < 1.29 is 19.4 Å². The third kappa shape index (κ3) is 8.17. The van der Waals surface area contributed by atoms with Gasteiger partial charge in [0.05, 0.1) is 29.6 Å². The van der Waals surface area contributed by atoms with Gasteiger partial charge in [0, 0.05) is 48.2 Å². The van der Waals surface area contributed by atoms with Crippen LogP contribution in [0.25, 0.3) is 10.9 Å². The maximum atomic E-state index is 13.7. The van der Waals surface area contributed by atoms with Crippen LogP contribution < -0.4 is 0 Å². The van der Waals surface area contributed by atoms with Gasteiger partial charge in [-0.25, -0.2) is 9.79 Å². The van der Waals surface area contributed by atoms with Crippen LogP contribution in [0.15, 0.2) is 77.8 Å². The topological polar surface area (TPSA) is 101 Å². The minimum absolute atomic E-state index is 0.00353. The molecule has 1 amide bonds. The molecule has 45 heavy (non-hydrogen) atoms. The number of carbonyl (C=O) groups is 2. The second-order valence-electron chi connectivity index (χ2n) is 10.8.